The second kappa shape index (κ2) is 7.46. The maximum absolute atomic E-state index is 11.4. The zero-order chi connectivity index (χ0) is 16.9. The summed E-state index contributed by atoms with van der Waals surface area (Å²) in [4.78, 5) is 13.7. The van der Waals surface area contributed by atoms with Crippen LogP contribution in [0.4, 0.5) is 11.4 Å². The van der Waals surface area contributed by atoms with Crippen LogP contribution in [0.2, 0.25) is 5.02 Å². The highest BCUT2D eigenvalue weighted by atomic mass is 35.5. The van der Waals surface area contributed by atoms with E-state index in [9.17, 15) is 4.79 Å². The van der Waals surface area contributed by atoms with Gasteiger partial charge in [0.05, 0.1) is 25.1 Å². The van der Waals surface area contributed by atoms with Crippen LogP contribution in [-0.4, -0.2) is 42.2 Å². The minimum Gasteiger partial charge on any atom is -0.378 e. The third kappa shape index (κ3) is 3.74. The molecule has 0 spiro atoms. The number of H-pyrrole nitrogens is 1. The van der Waals surface area contributed by atoms with Gasteiger partial charge < -0.3 is 9.64 Å². The van der Waals surface area contributed by atoms with Gasteiger partial charge in [0.1, 0.15) is 10.7 Å². The van der Waals surface area contributed by atoms with Crippen LogP contribution in [0.3, 0.4) is 0 Å². The fourth-order valence-corrected chi connectivity index (χ4v) is 2.54. The van der Waals surface area contributed by atoms with E-state index in [2.05, 4.69) is 37.8 Å². The van der Waals surface area contributed by atoms with E-state index in [4.69, 9.17) is 16.3 Å². The Kier molecular flexibility index (Phi) is 5.12. The quantitative estimate of drug-likeness (QED) is 0.653. The number of nitrogens with zero attached hydrogens (tertiary/aromatic N) is 3. The predicted octanol–water partition coefficient (Wildman–Crippen LogP) is 2.10. The van der Waals surface area contributed by atoms with Crippen molar-refractivity contribution >= 4 is 28.7 Å². The van der Waals surface area contributed by atoms with Gasteiger partial charge >= 0.3 is 0 Å². The van der Waals surface area contributed by atoms with Crippen molar-refractivity contribution < 1.29 is 4.74 Å². The van der Waals surface area contributed by atoms with Crippen molar-refractivity contribution in [1.29, 1.82) is 0 Å². The number of rotatable bonds is 4. The number of hydrogen-bond donors (Lipinski definition) is 2. The van der Waals surface area contributed by atoms with Crippen molar-refractivity contribution in [2.75, 3.05) is 36.6 Å². The summed E-state index contributed by atoms with van der Waals surface area (Å²) >= 11 is 5.90. The van der Waals surface area contributed by atoms with Crippen LogP contribution in [0.15, 0.2) is 40.4 Å². The minimum atomic E-state index is -0.454. The first-order valence-corrected chi connectivity index (χ1v) is 7.99. The first-order chi connectivity index (χ1) is 11.6. The number of hydrazone groups is 1. The average Bonchev–Trinajstić information content (AvgIpc) is 2.63. The molecule has 2 aromatic rings. The van der Waals surface area contributed by atoms with Crippen molar-refractivity contribution in [2.45, 2.75) is 6.92 Å². The molecular weight excluding hydrogens is 330 g/mol. The Morgan fingerprint density at radius 3 is 2.75 bits per heavy atom. The summed E-state index contributed by atoms with van der Waals surface area (Å²) in [5.41, 5.74) is 5.62. The van der Waals surface area contributed by atoms with Crippen LogP contribution in [0, 0.1) is 0 Å². The van der Waals surface area contributed by atoms with Gasteiger partial charge in [-0.1, -0.05) is 23.7 Å². The van der Waals surface area contributed by atoms with Crippen molar-refractivity contribution in [1.82, 2.24) is 10.2 Å². The molecule has 0 amide bonds. The number of aromatic amines is 1. The molecule has 3 rings (SSSR count). The summed E-state index contributed by atoms with van der Waals surface area (Å²) in [7, 11) is 0. The molecule has 1 saturated heterocycles. The lowest BCUT2D eigenvalue weighted by Crippen LogP contribution is -2.36. The van der Waals surface area contributed by atoms with Crippen molar-refractivity contribution in [2.24, 2.45) is 5.10 Å². The van der Waals surface area contributed by atoms with Gasteiger partial charge in [-0.15, -0.1) is 0 Å². The van der Waals surface area contributed by atoms with Crippen LogP contribution < -0.4 is 15.9 Å². The summed E-state index contributed by atoms with van der Waals surface area (Å²) in [5.74, 6) is 0. The van der Waals surface area contributed by atoms with E-state index in [1.807, 2.05) is 19.1 Å². The standard InChI is InChI=1S/C16H18ClN5O2/c1-11(19-20-14-10-18-21-16(23)15(14)17)12-2-4-13(5-3-12)22-6-8-24-9-7-22/h2-5,10H,6-9H2,1H3,(H2,20,21,23)/b19-11-. The fraction of sp³-hybridized carbons (Fsp3) is 0.312. The fourth-order valence-electron chi connectivity index (χ4n) is 2.41. The number of aromatic nitrogens is 2. The molecule has 8 heteroatoms. The Morgan fingerprint density at radius 1 is 1.33 bits per heavy atom. The van der Waals surface area contributed by atoms with E-state index in [1.165, 1.54) is 11.9 Å². The monoisotopic (exact) mass is 347 g/mol. The lowest BCUT2D eigenvalue weighted by atomic mass is 10.1. The van der Waals surface area contributed by atoms with E-state index in [-0.39, 0.29) is 5.02 Å². The second-order valence-electron chi connectivity index (χ2n) is 5.38. The molecule has 24 heavy (non-hydrogen) atoms. The van der Waals surface area contributed by atoms with Crippen LogP contribution in [0.25, 0.3) is 0 Å². The summed E-state index contributed by atoms with van der Waals surface area (Å²) in [6.07, 6.45) is 1.42. The summed E-state index contributed by atoms with van der Waals surface area (Å²) in [5, 5.41) is 10.2. The molecular formula is C16H18ClN5O2. The first-order valence-electron chi connectivity index (χ1n) is 7.62. The molecule has 0 bridgehead atoms. The molecule has 1 aromatic carbocycles. The van der Waals surface area contributed by atoms with Gasteiger partial charge in [0, 0.05) is 18.8 Å². The van der Waals surface area contributed by atoms with E-state index >= 15 is 0 Å². The topological polar surface area (TPSA) is 82.6 Å². The highest BCUT2D eigenvalue weighted by Gasteiger charge is 2.11. The number of hydrogen-bond acceptors (Lipinski definition) is 6. The van der Waals surface area contributed by atoms with Gasteiger partial charge in [-0.25, -0.2) is 5.10 Å². The third-order valence-electron chi connectivity index (χ3n) is 3.80. The molecule has 2 heterocycles. The third-order valence-corrected chi connectivity index (χ3v) is 4.18. The van der Waals surface area contributed by atoms with Crippen LogP contribution in [0.5, 0.6) is 0 Å². The van der Waals surface area contributed by atoms with E-state index in [0.717, 1.165) is 37.6 Å². The molecule has 0 saturated carbocycles. The Morgan fingerprint density at radius 2 is 2.04 bits per heavy atom. The number of halogens is 1. The van der Waals surface area contributed by atoms with E-state index in [1.54, 1.807) is 0 Å². The zero-order valence-electron chi connectivity index (χ0n) is 13.3. The molecule has 2 N–H and O–H groups in total. The summed E-state index contributed by atoms with van der Waals surface area (Å²) < 4.78 is 5.37. The van der Waals surface area contributed by atoms with Gasteiger partial charge in [0.15, 0.2) is 0 Å². The summed E-state index contributed by atoms with van der Waals surface area (Å²) in [6.45, 7) is 5.21. The van der Waals surface area contributed by atoms with Crippen LogP contribution in [-0.2, 0) is 4.74 Å². The Bertz CT molecular complexity index is 782. The van der Waals surface area contributed by atoms with Crippen LogP contribution >= 0.6 is 11.6 Å². The van der Waals surface area contributed by atoms with Crippen molar-refractivity contribution in [3.05, 3.63) is 51.4 Å². The highest BCUT2D eigenvalue weighted by molar-refractivity contribution is 6.32. The molecule has 1 aromatic heterocycles. The largest absolute Gasteiger partial charge is 0.378 e. The number of morpholine rings is 1. The number of nitrogens with one attached hydrogen (secondary N) is 2. The smallest absolute Gasteiger partial charge is 0.285 e. The van der Waals surface area contributed by atoms with Gasteiger partial charge in [-0.3, -0.25) is 10.2 Å². The number of benzene rings is 1. The van der Waals surface area contributed by atoms with Gasteiger partial charge in [0.2, 0.25) is 0 Å². The Balaban J connectivity index is 1.71. The molecule has 126 valence electrons. The van der Waals surface area contributed by atoms with Crippen molar-refractivity contribution in [3.8, 4) is 0 Å². The maximum Gasteiger partial charge on any atom is 0.285 e. The Labute approximate surface area is 144 Å². The SMILES string of the molecule is C/C(=N/Nc1cn[nH]c(=O)c1Cl)c1ccc(N2CCOCC2)cc1. The number of ether oxygens (including phenoxy) is 1. The van der Waals surface area contributed by atoms with Crippen LogP contribution in [0.1, 0.15) is 12.5 Å². The molecule has 0 atom stereocenters. The molecule has 1 aliphatic rings. The molecule has 0 unspecified atom stereocenters. The predicted molar refractivity (Wildman–Crippen MR) is 95.2 cm³/mol. The Hall–Kier alpha value is -2.38. The molecule has 0 aliphatic carbocycles. The van der Waals surface area contributed by atoms with Crippen molar-refractivity contribution in [3.63, 3.8) is 0 Å². The normalized spacial score (nSPS) is 15.4. The maximum atomic E-state index is 11.4. The lowest BCUT2D eigenvalue weighted by Gasteiger charge is -2.28. The average molecular weight is 348 g/mol. The molecule has 0 radical (unpaired) electrons. The van der Waals surface area contributed by atoms with Gasteiger partial charge in [0.25, 0.3) is 5.56 Å². The second-order valence-corrected chi connectivity index (χ2v) is 5.76. The first kappa shape index (κ1) is 16.5. The van der Waals surface area contributed by atoms with E-state index < -0.39 is 5.56 Å². The summed E-state index contributed by atoms with van der Waals surface area (Å²) in [6, 6.07) is 8.18. The highest BCUT2D eigenvalue weighted by Crippen LogP contribution is 2.18. The number of anilines is 2. The lowest BCUT2D eigenvalue weighted by molar-refractivity contribution is 0.122. The molecule has 1 fully saturated rings. The molecule has 7 nitrogen and oxygen atoms in total. The van der Waals surface area contributed by atoms with Gasteiger partial charge in [-0.05, 0) is 24.6 Å². The zero-order valence-corrected chi connectivity index (χ0v) is 14.0. The van der Waals surface area contributed by atoms with Gasteiger partial charge in [-0.2, -0.15) is 10.2 Å². The van der Waals surface area contributed by atoms with E-state index in [0.29, 0.717) is 5.69 Å². The minimum absolute atomic E-state index is 0.0317. The molecule has 1 aliphatic heterocycles.